The lowest BCUT2D eigenvalue weighted by Crippen LogP contribution is -2.06. The van der Waals surface area contributed by atoms with Crippen LogP contribution in [0.5, 0.6) is 5.75 Å². The lowest BCUT2D eigenvalue weighted by molar-refractivity contribution is 0.0640. The van der Waals surface area contributed by atoms with Gasteiger partial charge in [-0.2, -0.15) is 0 Å². The van der Waals surface area contributed by atoms with E-state index >= 15 is 0 Å². The molecule has 1 aromatic rings. The molecule has 0 aliphatic heterocycles. The molecule has 1 atom stereocenters. The second-order valence-electron chi connectivity index (χ2n) is 3.27. The van der Waals surface area contributed by atoms with Crippen molar-refractivity contribution in [1.82, 2.24) is 4.98 Å². The molecule has 4 heteroatoms. The number of pyridine rings is 1. The molecule has 0 amide bonds. The topological polar surface area (TPSA) is 51.6 Å². The van der Waals surface area contributed by atoms with Gasteiger partial charge in [-0.05, 0) is 12.5 Å². The maximum Gasteiger partial charge on any atom is 0.137 e. The zero-order valence-corrected chi connectivity index (χ0v) is 9.14. The van der Waals surface area contributed by atoms with E-state index in [1.54, 1.807) is 25.6 Å². The molecule has 0 fully saturated rings. The van der Waals surface area contributed by atoms with Gasteiger partial charge in [0.2, 0.25) is 0 Å². The summed E-state index contributed by atoms with van der Waals surface area (Å²) in [5.41, 5.74) is 0.713. The average molecular weight is 211 g/mol. The molecule has 4 nitrogen and oxygen atoms in total. The van der Waals surface area contributed by atoms with E-state index in [4.69, 9.17) is 9.47 Å². The lowest BCUT2D eigenvalue weighted by Gasteiger charge is -2.11. The van der Waals surface area contributed by atoms with Crippen molar-refractivity contribution < 1.29 is 14.6 Å². The molecule has 1 heterocycles. The summed E-state index contributed by atoms with van der Waals surface area (Å²) in [6, 6.07) is 1.78. The van der Waals surface area contributed by atoms with E-state index in [-0.39, 0.29) is 6.61 Å². The van der Waals surface area contributed by atoms with Gasteiger partial charge in [-0.1, -0.05) is 6.92 Å². The van der Waals surface area contributed by atoms with Crippen LogP contribution < -0.4 is 4.74 Å². The molecule has 0 aliphatic carbocycles. The fourth-order valence-corrected chi connectivity index (χ4v) is 1.17. The van der Waals surface area contributed by atoms with Crippen LogP contribution in [0.15, 0.2) is 18.5 Å². The first-order valence-corrected chi connectivity index (χ1v) is 5.02. The maximum absolute atomic E-state index is 9.65. The number of rotatable bonds is 6. The summed E-state index contributed by atoms with van der Waals surface area (Å²) in [6.07, 6.45) is 3.55. The fraction of sp³-hybridized carbons (Fsp3) is 0.545. The van der Waals surface area contributed by atoms with Crippen LogP contribution in [0.3, 0.4) is 0 Å². The first-order chi connectivity index (χ1) is 7.27. The number of methoxy groups -OCH3 is 1. The molecular formula is C11H17NO3. The zero-order valence-electron chi connectivity index (χ0n) is 9.14. The second-order valence-corrected chi connectivity index (χ2v) is 3.27. The van der Waals surface area contributed by atoms with Gasteiger partial charge in [-0.15, -0.1) is 0 Å². The third kappa shape index (κ3) is 3.85. The van der Waals surface area contributed by atoms with Crippen LogP contribution in [0, 0.1) is 0 Å². The quantitative estimate of drug-likeness (QED) is 0.775. The predicted molar refractivity (Wildman–Crippen MR) is 56.9 cm³/mol. The van der Waals surface area contributed by atoms with Gasteiger partial charge in [0.25, 0.3) is 0 Å². The Labute approximate surface area is 89.9 Å². The van der Waals surface area contributed by atoms with Crippen molar-refractivity contribution in [2.75, 3.05) is 20.3 Å². The summed E-state index contributed by atoms with van der Waals surface area (Å²) in [7, 11) is 1.55. The molecule has 0 aromatic carbocycles. The van der Waals surface area contributed by atoms with Gasteiger partial charge >= 0.3 is 0 Å². The van der Waals surface area contributed by atoms with E-state index < -0.39 is 6.10 Å². The summed E-state index contributed by atoms with van der Waals surface area (Å²) in [4.78, 5) is 4.00. The Morgan fingerprint density at radius 1 is 1.47 bits per heavy atom. The van der Waals surface area contributed by atoms with E-state index in [2.05, 4.69) is 4.98 Å². The molecule has 1 aromatic heterocycles. The van der Waals surface area contributed by atoms with Gasteiger partial charge in [-0.25, -0.2) is 0 Å². The summed E-state index contributed by atoms with van der Waals surface area (Å²) in [5.74, 6) is 0.685. The molecule has 1 unspecified atom stereocenters. The third-order valence-corrected chi connectivity index (χ3v) is 1.92. The van der Waals surface area contributed by atoms with Gasteiger partial charge in [0.1, 0.15) is 11.9 Å². The van der Waals surface area contributed by atoms with Gasteiger partial charge in [0.05, 0.1) is 19.4 Å². The minimum absolute atomic E-state index is 0.263. The summed E-state index contributed by atoms with van der Waals surface area (Å²) < 4.78 is 10.3. The molecule has 1 rings (SSSR count). The Morgan fingerprint density at radius 2 is 2.27 bits per heavy atom. The van der Waals surface area contributed by atoms with Crippen LogP contribution in [0.1, 0.15) is 25.0 Å². The van der Waals surface area contributed by atoms with Gasteiger partial charge in [-0.3, -0.25) is 4.98 Å². The molecule has 0 spiro atoms. The summed E-state index contributed by atoms with van der Waals surface area (Å²) in [5, 5.41) is 9.65. The maximum atomic E-state index is 9.65. The van der Waals surface area contributed by atoms with Crippen molar-refractivity contribution >= 4 is 0 Å². The van der Waals surface area contributed by atoms with Crippen molar-refractivity contribution in [3.63, 3.8) is 0 Å². The van der Waals surface area contributed by atoms with Crippen molar-refractivity contribution in [1.29, 1.82) is 0 Å². The van der Waals surface area contributed by atoms with Gasteiger partial charge in [0.15, 0.2) is 0 Å². The number of ether oxygens (including phenoxy) is 2. The van der Waals surface area contributed by atoms with Crippen molar-refractivity contribution in [2.45, 2.75) is 19.4 Å². The highest BCUT2D eigenvalue weighted by molar-refractivity contribution is 5.25. The van der Waals surface area contributed by atoms with Crippen molar-refractivity contribution in [2.24, 2.45) is 0 Å². The molecule has 84 valence electrons. The second kappa shape index (κ2) is 6.37. The molecule has 0 aliphatic rings. The predicted octanol–water partition coefficient (Wildman–Crippen LogP) is 1.55. The van der Waals surface area contributed by atoms with Crippen LogP contribution in [0.4, 0.5) is 0 Å². The zero-order chi connectivity index (χ0) is 11.1. The number of aromatic nitrogens is 1. The van der Waals surface area contributed by atoms with Crippen LogP contribution >= 0.6 is 0 Å². The Bertz CT molecular complexity index is 291. The standard InChI is InChI=1S/C11H17NO3/c1-3-4-15-10-5-9(6-12-7-10)11(13)8-14-2/h5-7,11,13H,3-4,8H2,1-2H3. The van der Waals surface area contributed by atoms with Crippen molar-refractivity contribution in [3.8, 4) is 5.75 Å². The highest BCUT2D eigenvalue weighted by atomic mass is 16.5. The fourth-order valence-electron chi connectivity index (χ4n) is 1.17. The van der Waals surface area contributed by atoms with Gasteiger partial charge < -0.3 is 14.6 Å². The van der Waals surface area contributed by atoms with Crippen LogP contribution in [0.25, 0.3) is 0 Å². The first-order valence-electron chi connectivity index (χ1n) is 5.02. The SMILES string of the molecule is CCCOc1cncc(C(O)COC)c1. The lowest BCUT2D eigenvalue weighted by atomic mass is 10.2. The molecule has 0 saturated carbocycles. The van der Waals surface area contributed by atoms with Gasteiger partial charge in [0, 0.05) is 18.9 Å². The minimum atomic E-state index is -0.646. The molecule has 0 saturated heterocycles. The van der Waals surface area contributed by atoms with Crippen LogP contribution in [0.2, 0.25) is 0 Å². The van der Waals surface area contributed by atoms with Crippen LogP contribution in [-0.4, -0.2) is 30.4 Å². The molecule has 0 radical (unpaired) electrons. The first kappa shape index (κ1) is 11.9. The Hall–Kier alpha value is -1.13. The largest absolute Gasteiger partial charge is 0.492 e. The Morgan fingerprint density at radius 3 is 2.93 bits per heavy atom. The molecule has 0 bridgehead atoms. The molecule has 1 N–H and O–H groups in total. The van der Waals surface area contributed by atoms with E-state index in [9.17, 15) is 5.11 Å². The van der Waals surface area contributed by atoms with E-state index in [1.807, 2.05) is 6.92 Å². The smallest absolute Gasteiger partial charge is 0.137 e. The number of aliphatic hydroxyl groups excluding tert-OH is 1. The summed E-state index contributed by atoms with van der Waals surface area (Å²) >= 11 is 0. The minimum Gasteiger partial charge on any atom is -0.492 e. The third-order valence-electron chi connectivity index (χ3n) is 1.92. The van der Waals surface area contributed by atoms with E-state index in [1.165, 1.54) is 0 Å². The average Bonchev–Trinajstić information content (AvgIpc) is 2.27. The van der Waals surface area contributed by atoms with E-state index in [0.717, 1.165) is 6.42 Å². The monoisotopic (exact) mass is 211 g/mol. The summed E-state index contributed by atoms with van der Waals surface area (Å²) in [6.45, 7) is 2.96. The highest BCUT2D eigenvalue weighted by Crippen LogP contribution is 2.17. The Balaban J connectivity index is 2.64. The van der Waals surface area contributed by atoms with Crippen LogP contribution in [-0.2, 0) is 4.74 Å². The van der Waals surface area contributed by atoms with Crippen molar-refractivity contribution in [3.05, 3.63) is 24.0 Å². The Kier molecular flexibility index (Phi) is 5.07. The highest BCUT2D eigenvalue weighted by Gasteiger charge is 2.08. The molecular weight excluding hydrogens is 194 g/mol. The number of hydrogen-bond acceptors (Lipinski definition) is 4. The molecule has 15 heavy (non-hydrogen) atoms. The number of nitrogens with zero attached hydrogens (tertiary/aromatic N) is 1. The van der Waals surface area contributed by atoms with E-state index in [0.29, 0.717) is 17.9 Å². The number of hydrogen-bond donors (Lipinski definition) is 1. The number of aliphatic hydroxyl groups is 1. The normalized spacial score (nSPS) is 12.5.